The molecule has 0 aliphatic heterocycles. The lowest BCUT2D eigenvalue weighted by Crippen LogP contribution is -2.31. The van der Waals surface area contributed by atoms with E-state index in [1.54, 1.807) is 0 Å². The molecule has 1 aliphatic rings. The maximum Gasteiger partial charge on any atom is 0.338 e. The Balaban J connectivity index is 2.08. The van der Waals surface area contributed by atoms with Gasteiger partial charge in [-0.15, -0.1) is 0 Å². The molecule has 1 aromatic carbocycles. The molecule has 1 fully saturated rings. The molecule has 0 bridgehead atoms. The van der Waals surface area contributed by atoms with Gasteiger partial charge in [-0.1, -0.05) is 13.8 Å². The number of carbonyl (C=O) groups is 2. The van der Waals surface area contributed by atoms with Crippen LogP contribution in [0.5, 0.6) is 5.75 Å². The van der Waals surface area contributed by atoms with E-state index in [-0.39, 0.29) is 28.2 Å². The van der Waals surface area contributed by atoms with Crippen molar-refractivity contribution in [3.63, 3.8) is 0 Å². The van der Waals surface area contributed by atoms with Crippen molar-refractivity contribution in [1.82, 2.24) is 10.0 Å². The van der Waals surface area contributed by atoms with E-state index in [0.29, 0.717) is 6.54 Å². The van der Waals surface area contributed by atoms with E-state index >= 15 is 0 Å². The smallest absolute Gasteiger partial charge is 0.338 e. The summed E-state index contributed by atoms with van der Waals surface area (Å²) in [7, 11) is -2.46. The molecule has 1 saturated carbocycles. The third-order valence-electron chi connectivity index (χ3n) is 3.63. The number of amides is 1. The van der Waals surface area contributed by atoms with E-state index in [1.165, 1.54) is 25.3 Å². The summed E-state index contributed by atoms with van der Waals surface area (Å²) in [6, 6.07) is 3.89. The quantitative estimate of drug-likeness (QED) is 0.616. The summed E-state index contributed by atoms with van der Waals surface area (Å²) in [6.07, 6.45) is 1.57. The molecule has 0 radical (unpaired) electrons. The fraction of sp³-hybridized carbons (Fsp3) is 0.529. The highest BCUT2D eigenvalue weighted by Gasteiger charge is 2.30. The molecule has 2 N–H and O–H groups in total. The first-order chi connectivity index (χ1) is 12.2. The molecule has 1 aliphatic carbocycles. The zero-order chi connectivity index (χ0) is 19.3. The molecule has 0 unspecified atom stereocenters. The minimum Gasteiger partial charge on any atom is -0.495 e. The molecule has 1 aromatic rings. The number of carbonyl (C=O) groups excluding carboxylic acids is 2. The molecule has 0 atom stereocenters. The van der Waals surface area contributed by atoms with Crippen molar-refractivity contribution in [3.8, 4) is 5.75 Å². The molecular weight excluding hydrogens is 360 g/mol. The van der Waals surface area contributed by atoms with E-state index in [0.717, 1.165) is 12.8 Å². The molecule has 144 valence electrons. The van der Waals surface area contributed by atoms with E-state index in [2.05, 4.69) is 10.0 Å². The van der Waals surface area contributed by atoms with Gasteiger partial charge in [0.15, 0.2) is 6.61 Å². The molecule has 0 spiro atoms. The Labute approximate surface area is 153 Å². The number of rotatable bonds is 9. The Bertz CT molecular complexity index is 771. The first-order valence-corrected chi connectivity index (χ1v) is 9.85. The summed E-state index contributed by atoms with van der Waals surface area (Å²) in [5.74, 6) is -0.786. The van der Waals surface area contributed by atoms with Gasteiger partial charge >= 0.3 is 5.97 Å². The second kappa shape index (κ2) is 8.50. The third kappa shape index (κ3) is 5.70. The van der Waals surface area contributed by atoms with Crippen LogP contribution in [0.4, 0.5) is 0 Å². The summed E-state index contributed by atoms with van der Waals surface area (Å²) < 4.78 is 37.5. The summed E-state index contributed by atoms with van der Waals surface area (Å²) >= 11 is 0. The molecule has 9 heteroatoms. The van der Waals surface area contributed by atoms with Crippen LogP contribution in [-0.2, 0) is 19.6 Å². The number of ether oxygens (including phenoxy) is 2. The molecule has 8 nitrogen and oxygen atoms in total. The Morgan fingerprint density at radius 1 is 1.27 bits per heavy atom. The molecule has 0 aromatic heterocycles. The van der Waals surface area contributed by atoms with Gasteiger partial charge in [-0.3, -0.25) is 4.79 Å². The Kier molecular flexibility index (Phi) is 6.60. The zero-order valence-electron chi connectivity index (χ0n) is 15.1. The lowest BCUT2D eigenvalue weighted by Gasteiger charge is -2.12. The predicted molar refractivity (Wildman–Crippen MR) is 94.5 cm³/mol. The van der Waals surface area contributed by atoms with E-state index in [9.17, 15) is 18.0 Å². The predicted octanol–water partition coefficient (Wildman–Crippen LogP) is 1.06. The third-order valence-corrected chi connectivity index (χ3v) is 5.17. The maximum atomic E-state index is 12.4. The fourth-order valence-electron chi connectivity index (χ4n) is 2.08. The highest BCUT2D eigenvalue weighted by atomic mass is 32.2. The largest absolute Gasteiger partial charge is 0.495 e. The van der Waals surface area contributed by atoms with Gasteiger partial charge < -0.3 is 14.8 Å². The van der Waals surface area contributed by atoms with Crippen LogP contribution in [0, 0.1) is 5.92 Å². The molecule has 0 saturated heterocycles. The average molecular weight is 384 g/mol. The summed E-state index contributed by atoms with van der Waals surface area (Å²) in [5, 5.41) is 2.63. The van der Waals surface area contributed by atoms with Crippen LogP contribution in [0.25, 0.3) is 0 Å². The number of nitrogens with one attached hydrogen (secondary N) is 2. The standard InChI is InChI=1S/C17H24N2O6S/c1-11(2)9-18-16(20)10-25-17(21)12-4-7-14(24-3)15(8-12)26(22,23)19-13-5-6-13/h4,7-8,11,13,19H,5-6,9-10H2,1-3H3,(H,18,20). The van der Waals surface area contributed by atoms with Crippen molar-refractivity contribution < 1.29 is 27.5 Å². The van der Waals surface area contributed by atoms with Crippen molar-refractivity contribution in [2.45, 2.75) is 37.6 Å². The van der Waals surface area contributed by atoms with Crippen LogP contribution in [0.15, 0.2) is 23.1 Å². The summed E-state index contributed by atoms with van der Waals surface area (Å²) in [4.78, 5) is 23.6. The van der Waals surface area contributed by atoms with Crippen molar-refractivity contribution in [2.75, 3.05) is 20.3 Å². The first-order valence-electron chi connectivity index (χ1n) is 8.37. The van der Waals surface area contributed by atoms with Crippen LogP contribution < -0.4 is 14.8 Å². The van der Waals surface area contributed by atoms with Gasteiger partial charge in [0.1, 0.15) is 10.6 Å². The number of sulfonamides is 1. The SMILES string of the molecule is COc1ccc(C(=O)OCC(=O)NCC(C)C)cc1S(=O)(=O)NC1CC1. The number of methoxy groups -OCH3 is 1. The number of hydrogen-bond donors (Lipinski definition) is 2. The lowest BCUT2D eigenvalue weighted by atomic mass is 10.2. The Morgan fingerprint density at radius 3 is 2.54 bits per heavy atom. The minimum atomic E-state index is -3.81. The van der Waals surface area contributed by atoms with Crippen molar-refractivity contribution in [2.24, 2.45) is 5.92 Å². The van der Waals surface area contributed by atoms with Crippen LogP contribution in [0.3, 0.4) is 0 Å². The van der Waals surface area contributed by atoms with Crippen molar-refractivity contribution in [1.29, 1.82) is 0 Å². The monoisotopic (exact) mass is 384 g/mol. The maximum absolute atomic E-state index is 12.4. The van der Waals surface area contributed by atoms with Crippen LogP contribution in [0.2, 0.25) is 0 Å². The summed E-state index contributed by atoms with van der Waals surface area (Å²) in [6.45, 7) is 3.94. The van der Waals surface area contributed by atoms with E-state index < -0.39 is 28.5 Å². The Hall–Kier alpha value is -2.13. The average Bonchev–Trinajstić information content (AvgIpc) is 3.40. The molecular formula is C17H24N2O6S. The van der Waals surface area contributed by atoms with Gasteiger partial charge in [-0.05, 0) is 37.0 Å². The zero-order valence-corrected chi connectivity index (χ0v) is 15.9. The number of benzene rings is 1. The second-order valence-corrected chi connectivity index (χ2v) is 8.22. The van der Waals surface area contributed by atoms with Gasteiger partial charge in [-0.2, -0.15) is 0 Å². The van der Waals surface area contributed by atoms with Gasteiger partial charge in [0.05, 0.1) is 12.7 Å². The van der Waals surface area contributed by atoms with Gasteiger partial charge in [0, 0.05) is 12.6 Å². The molecule has 2 rings (SSSR count). The van der Waals surface area contributed by atoms with Gasteiger partial charge in [0.25, 0.3) is 5.91 Å². The Morgan fingerprint density at radius 2 is 1.96 bits per heavy atom. The van der Waals surface area contributed by atoms with Crippen LogP contribution >= 0.6 is 0 Å². The number of esters is 1. The lowest BCUT2D eigenvalue weighted by molar-refractivity contribution is -0.124. The fourth-order valence-corrected chi connectivity index (χ4v) is 3.58. The van der Waals surface area contributed by atoms with Crippen molar-refractivity contribution >= 4 is 21.9 Å². The van der Waals surface area contributed by atoms with Crippen LogP contribution in [-0.4, -0.2) is 46.6 Å². The number of hydrogen-bond acceptors (Lipinski definition) is 6. The highest BCUT2D eigenvalue weighted by molar-refractivity contribution is 7.89. The topological polar surface area (TPSA) is 111 Å². The van der Waals surface area contributed by atoms with Gasteiger partial charge in [0.2, 0.25) is 10.0 Å². The first kappa shape index (κ1) is 20.2. The second-order valence-electron chi connectivity index (χ2n) is 6.54. The van der Waals surface area contributed by atoms with Crippen molar-refractivity contribution in [3.05, 3.63) is 23.8 Å². The highest BCUT2D eigenvalue weighted by Crippen LogP contribution is 2.28. The summed E-state index contributed by atoms with van der Waals surface area (Å²) in [5.41, 5.74) is 0.0265. The normalized spacial score (nSPS) is 14.2. The minimum absolute atomic E-state index is 0.0265. The molecule has 26 heavy (non-hydrogen) atoms. The van der Waals surface area contributed by atoms with Crippen LogP contribution in [0.1, 0.15) is 37.0 Å². The molecule has 0 heterocycles. The van der Waals surface area contributed by atoms with E-state index in [4.69, 9.17) is 9.47 Å². The van der Waals surface area contributed by atoms with E-state index in [1.807, 2.05) is 13.8 Å². The molecule has 1 amide bonds. The van der Waals surface area contributed by atoms with Gasteiger partial charge in [-0.25, -0.2) is 17.9 Å².